The van der Waals surface area contributed by atoms with Crippen LogP contribution in [-0.2, 0) is 0 Å². The number of nitrogens with zero attached hydrogens (tertiary/aromatic N) is 2. The molecule has 1 rings (SSSR count). The second-order valence-corrected chi connectivity index (χ2v) is 2.07. The van der Waals surface area contributed by atoms with Gasteiger partial charge in [-0.1, -0.05) is 11.6 Å². The lowest BCUT2D eigenvalue weighted by Crippen LogP contribution is -1.92. The lowest BCUT2D eigenvalue weighted by Gasteiger charge is -1.93. The van der Waals surface area contributed by atoms with Gasteiger partial charge < -0.3 is 0 Å². The Kier molecular flexibility index (Phi) is 2.00. The zero-order valence-electron chi connectivity index (χ0n) is 5.12. The predicted molar refractivity (Wildman–Crippen MR) is 35.9 cm³/mol. The number of halogens is 2. The minimum Gasteiger partial charge on any atom is -0.258 e. The van der Waals surface area contributed by atoms with Crippen LogP contribution in [0.2, 0.25) is 5.02 Å². The van der Waals surface area contributed by atoms with Crippen LogP contribution in [0, 0.1) is 16.1 Å². The molecule has 0 bridgehead atoms. The van der Waals surface area contributed by atoms with E-state index in [-0.39, 0.29) is 0 Å². The molecule has 4 nitrogen and oxygen atoms in total. The van der Waals surface area contributed by atoms with Gasteiger partial charge in [-0.3, -0.25) is 10.1 Å². The van der Waals surface area contributed by atoms with Crippen LogP contribution in [0.25, 0.3) is 0 Å². The Morgan fingerprint density at radius 1 is 1.73 bits per heavy atom. The molecule has 0 saturated heterocycles. The van der Waals surface area contributed by atoms with E-state index in [0.717, 1.165) is 12.3 Å². The molecule has 0 radical (unpaired) electrons. The molecule has 11 heavy (non-hydrogen) atoms. The summed E-state index contributed by atoms with van der Waals surface area (Å²) in [5.41, 5.74) is -0.473. The van der Waals surface area contributed by atoms with E-state index in [2.05, 4.69) is 4.98 Å². The standard InChI is InChI=1S/C5H2ClFN2O2/c6-4-3(9(10)11)1-2-8-5(4)7/h1-2H. The second-order valence-electron chi connectivity index (χ2n) is 1.69. The summed E-state index contributed by atoms with van der Waals surface area (Å²) in [6.45, 7) is 0. The van der Waals surface area contributed by atoms with E-state index in [1.807, 2.05) is 0 Å². The zero-order valence-corrected chi connectivity index (χ0v) is 5.88. The quantitative estimate of drug-likeness (QED) is 0.372. The highest BCUT2D eigenvalue weighted by Gasteiger charge is 2.15. The molecule has 0 aliphatic heterocycles. The summed E-state index contributed by atoms with van der Waals surface area (Å²) in [7, 11) is 0. The molecular formula is C5H2ClFN2O2. The van der Waals surface area contributed by atoms with Crippen molar-refractivity contribution in [2.45, 2.75) is 0 Å². The van der Waals surface area contributed by atoms with E-state index in [4.69, 9.17) is 11.6 Å². The molecule has 0 fully saturated rings. The van der Waals surface area contributed by atoms with Crippen LogP contribution in [0.1, 0.15) is 0 Å². The van der Waals surface area contributed by atoms with Gasteiger partial charge in [0.1, 0.15) is 0 Å². The largest absolute Gasteiger partial charge is 0.294 e. The van der Waals surface area contributed by atoms with Crippen molar-refractivity contribution in [2.75, 3.05) is 0 Å². The Hall–Kier alpha value is -1.23. The van der Waals surface area contributed by atoms with E-state index >= 15 is 0 Å². The van der Waals surface area contributed by atoms with E-state index in [9.17, 15) is 14.5 Å². The molecule has 58 valence electrons. The molecule has 0 amide bonds. The van der Waals surface area contributed by atoms with Gasteiger partial charge in [0, 0.05) is 12.3 Å². The summed E-state index contributed by atoms with van der Waals surface area (Å²) in [5, 5.41) is 9.54. The maximum Gasteiger partial charge on any atom is 0.294 e. The summed E-state index contributed by atoms with van der Waals surface area (Å²) < 4.78 is 12.4. The molecular weight excluding hydrogens is 175 g/mol. The number of hydrogen-bond acceptors (Lipinski definition) is 3. The van der Waals surface area contributed by atoms with Crippen LogP contribution >= 0.6 is 11.6 Å². The molecule has 0 aromatic carbocycles. The SMILES string of the molecule is O=[N+]([O-])c1ccnc(F)c1Cl. The van der Waals surface area contributed by atoms with Crippen molar-refractivity contribution in [3.05, 3.63) is 33.3 Å². The predicted octanol–water partition coefficient (Wildman–Crippen LogP) is 1.78. The maximum atomic E-state index is 12.4. The number of nitro groups is 1. The molecule has 1 aromatic heterocycles. The van der Waals surface area contributed by atoms with Crippen LogP contribution in [0.3, 0.4) is 0 Å². The molecule has 6 heteroatoms. The van der Waals surface area contributed by atoms with Crippen molar-refractivity contribution in [2.24, 2.45) is 0 Å². The first-order valence-electron chi connectivity index (χ1n) is 2.57. The van der Waals surface area contributed by atoms with Gasteiger partial charge in [0.05, 0.1) is 4.92 Å². The highest BCUT2D eigenvalue weighted by atomic mass is 35.5. The third-order valence-corrected chi connectivity index (χ3v) is 1.37. The summed E-state index contributed by atoms with van der Waals surface area (Å²) in [4.78, 5) is 12.4. The Morgan fingerprint density at radius 3 is 2.82 bits per heavy atom. The van der Waals surface area contributed by atoms with Crippen molar-refractivity contribution in [1.29, 1.82) is 0 Å². The van der Waals surface area contributed by atoms with E-state index in [1.54, 1.807) is 0 Å². The van der Waals surface area contributed by atoms with Crippen LogP contribution in [0.4, 0.5) is 10.1 Å². The van der Waals surface area contributed by atoms with Crippen LogP contribution < -0.4 is 0 Å². The van der Waals surface area contributed by atoms with Crippen LogP contribution in [-0.4, -0.2) is 9.91 Å². The van der Waals surface area contributed by atoms with E-state index in [0.29, 0.717) is 0 Å². The number of aromatic nitrogens is 1. The Morgan fingerprint density at radius 2 is 2.36 bits per heavy atom. The van der Waals surface area contributed by atoms with Crippen molar-refractivity contribution < 1.29 is 9.31 Å². The van der Waals surface area contributed by atoms with Gasteiger partial charge >= 0.3 is 0 Å². The molecule has 1 aromatic rings. The van der Waals surface area contributed by atoms with E-state index < -0.39 is 21.6 Å². The molecule has 0 N–H and O–H groups in total. The first kappa shape index (κ1) is 7.87. The van der Waals surface area contributed by atoms with Gasteiger partial charge in [-0.05, 0) is 0 Å². The van der Waals surface area contributed by atoms with Gasteiger partial charge in [0.15, 0.2) is 5.02 Å². The minimum absolute atomic E-state index is 0.473. The molecule has 1 heterocycles. The number of pyridine rings is 1. The van der Waals surface area contributed by atoms with Gasteiger partial charge in [-0.2, -0.15) is 4.39 Å². The first-order chi connectivity index (χ1) is 5.13. The normalized spacial score (nSPS) is 9.64. The summed E-state index contributed by atoms with van der Waals surface area (Å²) in [6, 6.07) is 1.03. The lowest BCUT2D eigenvalue weighted by molar-refractivity contribution is -0.385. The fourth-order valence-electron chi connectivity index (χ4n) is 0.550. The Bertz CT molecular complexity index is 305. The lowest BCUT2D eigenvalue weighted by atomic mass is 10.4. The fraction of sp³-hybridized carbons (Fsp3) is 0. The first-order valence-corrected chi connectivity index (χ1v) is 2.95. The Labute approximate surface area is 65.8 Å². The maximum absolute atomic E-state index is 12.4. The molecule has 0 atom stereocenters. The van der Waals surface area contributed by atoms with Gasteiger partial charge in [-0.15, -0.1) is 0 Å². The molecule has 0 saturated carbocycles. The van der Waals surface area contributed by atoms with Gasteiger partial charge in [0.25, 0.3) is 5.69 Å². The summed E-state index contributed by atoms with van der Waals surface area (Å²) in [5.74, 6) is -1.03. The van der Waals surface area contributed by atoms with Crippen molar-refractivity contribution in [3.63, 3.8) is 0 Å². The second kappa shape index (κ2) is 2.79. The van der Waals surface area contributed by atoms with Crippen molar-refractivity contribution in [1.82, 2.24) is 4.98 Å². The Balaban J connectivity index is 3.27. The topological polar surface area (TPSA) is 56.0 Å². The average Bonchev–Trinajstić information content (AvgIpc) is 1.94. The summed E-state index contributed by atoms with van der Waals surface area (Å²) in [6.07, 6.45) is 0.985. The molecule has 0 aliphatic carbocycles. The number of rotatable bonds is 1. The summed E-state index contributed by atoms with van der Waals surface area (Å²) >= 11 is 5.21. The minimum atomic E-state index is -1.03. The average molecular weight is 177 g/mol. The molecule has 0 aliphatic rings. The van der Waals surface area contributed by atoms with Crippen molar-refractivity contribution in [3.8, 4) is 0 Å². The van der Waals surface area contributed by atoms with Crippen LogP contribution in [0.15, 0.2) is 12.3 Å². The third-order valence-electron chi connectivity index (χ3n) is 1.02. The molecule has 0 unspecified atom stereocenters. The molecule has 0 spiro atoms. The van der Waals surface area contributed by atoms with Crippen LogP contribution in [0.5, 0.6) is 0 Å². The monoisotopic (exact) mass is 176 g/mol. The van der Waals surface area contributed by atoms with Gasteiger partial charge in [-0.25, -0.2) is 4.98 Å². The smallest absolute Gasteiger partial charge is 0.258 e. The van der Waals surface area contributed by atoms with Crippen molar-refractivity contribution >= 4 is 17.3 Å². The highest BCUT2D eigenvalue weighted by molar-refractivity contribution is 6.32. The number of hydrogen-bond donors (Lipinski definition) is 0. The van der Waals surface area contributed by atoms with Gasteiger partial charge in [0.2, 0.25) is 5.95 Å². The highest BCUT2D eigenvalue weighted by Crippen LogP contribution is 2.24. The van der Waals surface area contributed by atoms with E-state index in [1.165, 1.54) is 0 Å². The fourth-order valence-corrected chi connectivity index (χ4v) is 0.731. The third kappa shape index (κ3) is 1.43. The zero-order chi connectivity index (χ0) is 8.43.